The molecule has 0 bridgehead atoms. The molecule has 2 aromatic heterocycles. The maximum Gasteiger partial charge on any atom is 0.269 e. The number of thiophene rings is 1. The van der Waals surface area contributed by atoms with Crippen LogP contribution in [-0.2, 0) is 6.54 Å². The Hall–Kier alpha value is -3.70. The summed E-state index contributed by atoms with van der Waals surface area (Å²) < 4.78 is 19.7. The van der Waals surface area contributed by atoms with E-state index in [1.54, 1.807) is 18.3 Å². The molecule has 0 atom stereocenters. The van der Waals surface area contributed by atoms with Gasteiger partial charge in [0.15, 0.2) is 0 Å². The summed E-state index contributed by atoms with van der Waals surface area (Å²) >= 11 is 1.43. The number of benzene rings is 2. The lowest BCUT2D eigenvalue weighted by atomic mass is 10.1. The molecule has 0 saturated heterocycles. The zero-order chi connectivity index (χ0) is 20.9. The third kappa shape index (κ3) is 4.02. The Morgan fingerprint density at radius 1 is 1.20 bits per heavy atom. The van der Waals surface area contributed by atoms with Crippen molar-refractivity contribution in [1.82, 2.24) is 9.97 Å². The van der Waals surface area contributed by atoms with E-state index in [1.165, 1.54) is 23.5 Å². The number of aromatic nitrogens is 2. The zero-order valence-electron chi connectivity index (χ0n) is 16.0. The molecule has 8 heteroatoms. The zero-order valence-corrected chi connectivity index (χ0v) is 16.9. The number of hydrogen-bond donors (Lipinski definition) is 0. The Morgan fingerprint density at radius 3 is 2.87 bits per heavy atom. The Morgan fingerprint density at radius 2 is 2.07 bits per heavy atom. The fourth-order valence-corrected chi connectivity index (χ4v) is 4.07. The van der Waals surface area contributed by atoms with Crippen molar-refractivity contribution in [2.75, 3.05) is 6.61 Å². The van der Waals surface area contributed by atoms with Gasteiger partial charge in [-0.15, -0.1) is 16.5 Å². The van der Waals surface area contributed by atoms with E-state index in [2.05, 4.69) is 26.3 Å². The van der Waals surface area contributed by atoms with Crippen LogP contribution in [-0.4, -0.2) is 16.6 Å². The van der Waals surface area contributed by atoms with E-state index >= 15 is 0 Å². The molecule has 6 nitrogen and oxygen atoms in total. The van der Waals surface area contributed by atoms with Gasteiger partial charge in [0, 0.05) is 5.56 Å². The van der Waals surface area contributed by atoms with Gasteiger partial charge in [0.05, 0.1) is 34.5 Å². The first kappa shape index (κ1) is 19.6. The SMILES string of the molecule is CCOc1ccccc1-c1sc2cnc(N=NCc3cccc(F)c3)nc2c1C#N. The number of rotatable bonds is 6. The average Bonchev–Trinajstić information content (AvgIpc) is 3.12. The Balaban J connectivity index is 1.68. The first-order chi connectivity index (χ1) is 14.7. The topological polar surface area (TPSA) is 83.5 Å². The number of azo groups is 1. The number of nitrogens with zero attached hydrogens (tertiary/aromatic N) is 5. The van der Waals surface area contributed by atoms with Gasteiger partial charge in [-0.3, -0.25) is 0 Å². The molecule has 0 aliphatic heterocycles. The third-order valence-corrected chi connectivity index (χ3v) is 5.41. The summed E-state index contributed by atoms with van der Waals surface area (Å²) in [6.45, 7) is 2.65. The van der Waals surface area contributed by atoms with E-state index in [0.717, 1.165) is 15.1 Å². The van der Waals surface area contributed by atoms with Gasteiger partial charge in [0.25, 0.3) is 5.95 Å². The van der Waals surface area contributed by atoms with E-state index in [4.69, 9.17) is 4.74 Å². The molecular formula is C22H16FN5OS. The van der Waals surface area contributed by atoms with Crippen LogP contribution in [0.5, 0.6) is 5.75 Å². The van der Waals surface area contributed by atoms with E-state index in [1.807, 2.05) is 31.2 Å². The highest BCUT2D eigenvalue weighted by molar-refractivity contribution is 7.22. The summed E-state index contributed by atoms with van der Waals surface area (Å²) in [7, 11) is 0. The van der Waals surface area contributed by atoms with E-state index in [-0.39, 0.29) is 18.3 Å². The highest BCUT2D eigenvalue weighted by atomic mass is 32.1. The molecule has 0 fully saturated rings. The molecule has 0 saturated carbocycles. The molecule has 0 amide bonds. The number of ether oxygens (including phenoxy) is 1. The number of hydrogen-bond acceptors (Lipinski definition) is 7. The maximum absolute atomic E-state index is 13.3. The van der Waals surface area contributed by atoms with Crippen LogP contribution in [0.4, 0.5) is 10.3 Å². The van der Waals surface area contributed by atoms with Gasteiger partial charge in [-0.25, -0.2) is 14.4 Å². The minimum atomic E-state index is -0.322. The largest absolute Gasteiger partial charge is 0.493 e. The number of nitriles is 1. The summed E-state index contributed by atoms with van der Waals surface area (Å²) in [6, 6.07) is 16.0. The fraction of sp³-hybridized carbons (Fsp3) is 0.136. The summed E-state index contributed by atoms with van der Waals surface area (Å²) in [6.07, 6.45) is 1.64. The Bertz CT molecular complexity index is 1280. The molecule has 4 rings (SSSR count). The summed E-state index contributed by atoms with van der Waals surface area (Å²) in [4.78, 5) is 9.42. The quantitative estimate of drug-likeness (QED) is 0.357. The molecule has 2 heterocycles. The van der Waals surface area contributed by atoms with Crippen LogP contribution in [0.3, 0.4) is 0 Å². The van der Waals surface area contributed by atoms with Crippen molar-refractivity contribution < 1.29 is 9.13 Å². The van der Waals surface area contributed by atoms with Crippen molar-refractivity contribution in [3.63, 3.8) is 0 Å². The van der Waals surface area contributed by atoms with Gasteiger partial charge in [-0.2, -0.15) is 10.4 Å². The van der Waals surface area contributed by atoms with Gasteiger partial charge in [0.1, 0.15) is 23.2 Å². The second-order valence-corrected chi connectivity index (χ2v) is 7.31. The van der Waals surface area contributed by atoms with Crippen molar-refractivity contribution in [3.05, 3.63) is 71.7 Å². The van der Waals surface area contributed by atoms with E-state index in [9.17, 15) is 9.65 Å². The molecular weight excluding hydrogens is 401 g/mol. The number of halogens is 1. The predicted octanol–water partition coefficient (Wildman–Crippen LogP) is 6.05. The normalized spacial score (nSPS) is 11.1. The van der Waals surface area contributed by atoms with Crippen LogP contribution < -0.4 is 4.74 Å². The first-order valence-electron chi connectivity index (χ1n) is 9.23. The highest BCUT2D eigenvalue weighted by Gasteiger charge is 2.18. The molecule has 0 aliphatic carbocycles. The fourth-order valence-electron chi connectivity index (χ4n) is 2.98. The van der Waals surface area contributed by atoms with Gasteiger partial charge < -0.3 is 4.74 Å². The van der Waals surface area contributed by atoms with Gasteiger partial charge in [0.2, 0.25) is 0 Å². The third-order valence-electron chi connectivity index (χ3n) is 4.26. The van der Waals surface area contributed by atoms with Gasteiger partial charge >= 0.3 is 0 Å². The number of para-hydroxylation sites is 1. The van der Waals surface area contributed by atoms with Crippen LogP contribution in [0.1, 0.15) is 18.1 Å². The summed E-state index contributed by atoms with van der Waals surface area (Å²) in [5.74, 6) is 0.543. The van der Waals surface area contributed by atoms with Crippen molar-refractivity contribution in [3.8, 4) is 22.3 Å². The van der Waals surface area contributed by atoms with Crippen molar-refractivity contribution >= 4 is 27.5 Å². The van der Waals surface area contributed by atoms with Crippen LogP contribution >= 0.6 is 11.3 Å². The summed E-state index contributed by atoms with van der Waals surface area (Å²) in [5, 5.41) is 17.9. The minimum Gasteiger partial charge on any atom is -0.493 e. The van der Waals surface area contributed by atoms with Crippen molar-refractivity contribution in [2.24, 2.45) is 10.2 Å². The average molecular weight is 417 g/mol. The van der Waals surface area contributed by atoms with Crippen LogP contribution in [0.2, 0.25) is 0 Å². The summed E-state index contributed by atoms with van der Waals surface area (Å²) in [5.41, 5.74) is 2.51. The Labute approximate surface area is 176 Å². The van der Waals surface area contributed by atoms with Gasteiger partial charge in [-0.05, 0) is 36.8 Å². The smallest absolute Gasteiger partial charge is 0.269 e. The van der Waals surface area contributed by atoms with E-state index < -0.39 is 0 Å². The maximum atomic E-state index is 13.3. The molecule has 0 spiro atoms. The molecule has 4 aromatic rings. The Kier molecular flexibility index (Phi) is 5.72. The van der Waals surface area contributed by atoms with Gasteiger partial charge in [-0.1, -0.05) is 24.3 Å². The molecule has 0 radical (unpaired) electrons. The second-order valence-electron chi connectivity index (χ2n) is 6.26. The molecule has 0 aliphatic rings. The number of fused-ring (bicyclic) bond motifs is 1. The molecule has 30 heavy (non-hydrogen) atoms. The molecule has 0 N–H and O–H groups in total. The first-order valence-corrected chi connectivity index (χ1v) is 10.0. The lowest BCUT2D eigenvalue weighted by molar-refractivity contribution is 0.341. The van der Waals surface area contributed by atoms with E-state index in [0.29, 0.717) is 29.0 Å². The lowest BCUT2D eigenvalue weighted by Gasteiger charge is -2.08. The standard InChI is InChI=1S/C22H16FN5OS/c1-2-29-18-9-4-3-8-16(18)21-17(11-24)20-19(30-21)13-25-22(27-20)28-26-12-14-6-5-7-15(23)10-14/h3-10,13H,2,12H2,1H3. The van der Waals surface area contributed by atoms with Crippen LogP contribution in [0.15, 0.2) is 65.0 Å². The van der Waals surface area contributed by atoms with Crippen molar-refractivity contribution in [2.45, 2.75) is 13.5 Å². The molecule has 148 valence electrons. The van der Waals surface area contributed by atoms with Crippen LogP contribution in [0.25, 0.3) is 20.7 Å². The lowest BCUT2D eigenvalue weighted by Crippen LogP contribution is -1.93. The van der Waals surface area contributed by atoms with Crippen LogP contribution in [0, 0.1) is 17.1 Å². The second kappa shape index (κ2) is 8.76. The highest BCUT2D eigenvalue weighted by Crippen LogP contribution is 2.41. The monoisotopic (exact) mass is 417 g/mol. The predicted molar refractivity (Wildman–Crippen MR) is 113 cm³/mol. The van der Waals surface area contributed by atoms with Crippen molar-refractivity contribution in [1.29, 1.82) is 5.26 Å². The minimum absolute atomic E-state index is 0.151. The molecule has 0 unspecified atom stereocenters. The molecule has 2 aromatic carbocycles.